The highest BCUT2D eigenvalue weighted by Crippen LogP contribution is 2.26. The average Bonchev–Trinajstić information content (AvgIpc) is 2.92. The summed E-state index contributed by atoms with van der Waals surface area (Å²) >= 11 is 0. The lowest BCUT2D eigenvalue weighted by atomic mass is 10.0. The summed E-state index contributed by atoms with van der Waals surface area (Å²) in [7, 11) is 0. The largest absolute Gasteiger partial charge is 0.340 e. The van der Waals surface area contributed by atoms with E-state index in [4.69, 9.17) is 0 Å². The summed E-state index contributed by atoms with van der Waals surface area (Å²) < 4.78 is 14.1. The van der Waals surface area contributed by atoms with Crippen LogP contribution in [-0.4, -0.2) is 15.8 Å². The molecule has 1 N–H and O–H groups in total. The summed E-state index contributed by atoms with van der Waals surface area (Å²) in [5.41, 5.74) is 4.64. The Morgan fingerprint density at radius 2 is 2.00 bits per heavy atom. The van der Waals surface area contributed by atoms with Crippen LogP contribution in [0.1, 0.15) is 25.1 Å². The second kappa shape index (κ2) is 5.80. The Morgan fingerprint density at radius 1 is 1.22 bits per heavy atom. The number of nitrogens with one attached hydrogen (secondary N) is 1. The standard InChI is InChI=1S/C19H17FN2O/c1-11(2)18-9-15-7-16(10-21-19(15)22-18)13-4-5-14(6-12(3)23)17(20)8-13/h4-5,7-10H,1,6H2,2-3H3,(H,21,22). The van der Waals surface area contributed by atoms with Crippen molar-refractivity contribution in [3.05, 3.63) is 60.2 Å². The summed E-state index contributed by atoms with van der Waals surface area (Å²) in [4.78, 5) is 18.7. The molecular formula is C19H17FN2O. The van der Waals surface area contributed by atoms with Crippen molar-refractivity contribution in [2.24, 2.45) is 0 Å². The molecule has 1 aromatic carbocycles. The molecule has 0 bridgehead atoms. The second-order valence-corrected chi connectivity index (χ2v) is 5.81. The number of carbonyl (C=O) groups excluding carboxylic acids is 1. The zero-order chi connectivity index (χ0) is 16.6. The summed E-state index contributed by atoms with van der Waals surface area (Å²) in [5.74, 6) is -0.422. The van der Waals surface area contributed by atoms with Crippen LogP contribution in [0, 0.1) is 5.82 Å². The molecule has 0 unspecified atom stereocenters. The van der Waals surface area contributed by atoms with E-state index in [9.17, 15) is 9.18 Å². The first-order chi connectivity index (χ1) is 10.9. The molecular weight excluding hydrogens is 291 g/mol. The van der Waals surface area contributed by atoms with Gasteiger partial charge in [0.05, 0.1) is 0 Å². The highest BCUT2D eigenvalue weighted by molar-refractivity contribution is 5.85. The van der Waals surface area contributed by atoms with Gasteiger partial charge in [0.1, 0.15) is 17.2 Å². The van der Waals surface area contributed by atoms with Gasteiger partial charge in [-0.1, -0.05) is 18.7 Å². The van der Waals surface area contributed by atoms with Crippen molar-refractivity contribution >= 4 is 22.4 Å². The maximum Gasteiger partial charge on any atom is 0.137 e. The van der Waals surface area contributed by atoms with E-state index < -0.39 is 0 Å². The molecule has 4 heteroatoms. The number of hydrogen-bond acceptors (Lipinski definition) is 2. The lowest BCUT2D eigenvalue weighted by molar-refractivity contribution is -0.116. The van der Waals surface area contributed by atoms with E-state index in [1.54, 1.807) is 12.3 Å². The van der Waals surface area contributed by atoms with Crippen molar-refractivity contribution in [1.29, 1.82) is 0 Å². The molecule has 0 spiro atoms. The minimum atomic E-state index is -0.366. The van der Waals surface area contributed by atoms with Gasteiger partial charge in [-0.05, 0) is 48.7 Å². The third kappa shape index (κ3) is 3.06. The number of Topliss-reactive ketones (excluding diaryl/α,β-unsaturated/α-hetero) is 1. The Hall–Kier alpha value is -2.75. The van der Waals surface area contributed by atoms with Crippen molar-refractivity contribution in [1.82, 2.24) is 9.97 Å². The molecule has 0 aliphatic rings. The van der Waals surface area contributed by atoms with Gasteiger partial charge in [-0.15, -0.1) is 0 Å². The molecule has 0 fully saturated rings. The van der Waals surface area contributed by atoms with E-state index in [1.165, 1.54) is 13.0 Å². The molecule has 0 saturated heterocycles. The Balaban J connectivity index is 2.01. The topological polar surface area (TPSA) is 45.8 Å². The second-order valence-electron chi connectivity index (χ2n) is 5.81. The van der Waals surface area contributed by atoms with Crippen LogP contribution in [-0.2, 0) is 11.2 Å². The number of aromatic nitrogens is 2. The number of fused-ring (bicyclic) bond motifs is 1. The minimum Gasteiger partial charge on any atom is -0.340 e. The van der Waals surface area contributed by atoms with Crippen molar-refractivity contribution in [2.75, 3.05) is 0 Å². The zero-order valence-corrected chi connectivity index (χ0v) is 13.1. The molecule has 3 rings (SSSR count). The molecule has 3 aromatic rings. The number of halogens is 1. The number of ketones is 1. The van der Waals surface area contributed by atoms with Gasteiger partial charge in [-0.3, -0.25) is 4.79 Å². The summed E-state index contributed by atoms with van der Waals surface area (Å²) in [6.45, 7) is 7.29. The normalized spacial score (nSPS) is 10.9. The molecule has 23 heavy (non-hydrogen) atoms. The first-order valence-electron chi connectivity index (χ1n) is 7.37. The lowest BCUT2D eigenvalue weighted by Gasteiger charge is -2.05. The Labute approximate surface area is 133 Å². The van der Waals surface area contributed by atoms with E-state index in [0.29, 0.717) is 5.56 Å². The molecule has 0 saturated carbocycles. The Bertz CT molecular complexity index is 924. The van der Waals surface area contributed by atoms with Gasteiger partial charge in [0, 0.05) is 29.3 Å². The van der Waals surface area contributed by atoms with Gasteiger partial charge < -0.3 is 4.98 Å². The van der Waals surface area contributed by atoms with E-state index in [2.05, 4.69) is 16.5 Å². The number of carbonyl (C=O) groups is 1. The number of benzene rings is 1. The number of H-pyrrole nitrogens is 1. The van der Waals surface area contributed by atoms with Crippen molar-refractivity contribution in [2.45, 2.75) is 20.3 Å². The smallest absolute Gasteiger partial charge is 0.137 e. The van der Waals surface area contributed by atoms with E-state index >= 15 is 0 Å². The molecule has 0 aliphatic heterocycles. The Morgan fingerprint density at radius 3 is 2.65 bits per heavy atom. The summed E-state index contributed by atoms with van der Waals surface area (Å²) in [5, 5.41) is 0.953. The molecule has 2 aromatic heterocycles. The predicted octanol–water partition coefficient (Wildman–Crippen LogP) is 4.53. The van der Waals surface area contributed by atoms with E-state index in [1.807, 2.05) is 25.1 Å². The van der Waals surface area contributed by atoms with Gasteiger partial charge in [-0.2, -0.15) is 0 Å². The van der Waals surface area contributed by atoms with Crippen LogP contribution in [0.5, 0.6) is 0 Å². The van der Waals surface area contributed by atoms with Crippen LogP contribution in [0.25, 0.3) is 27.7 Å². The number of aromatic amines is 1. The maximum absolute atomic E-state index is 14.1. The fourth-order valence-corrected chi connectivity index (χ4v) is 2.54. The van der Waals surface area contributed by atoms with E-state index in [-0.39, 0.29) is 18.0 Å². The van der Waals surface area contributed by atoms with Gasteiger partial charge in [0.15, 0.2) is 0 Å². The number of nitrogens with zero attached hydrogens (tertiary/aromatic N) is 1. The molecule has 2 heterocycles. The SMILES string of the molecule is C=C(C)c1cc2cc(-c3ccc(CC(C)=O)c(F)c3)cnc2[nH]1. The predicted molar refractivity (Wildman–Crippen MR) is 90.6 cm³/mol. The monoisotopic (exact) mass is 308 g/mol. The molecule has 0 atom stereocenters. The van der Waals surface area contributed by atoms with Crippen molar-refractivity contribution in [3.63, 3.8) is 0 Å². The van der Waals surface area contributed by atoms with Crippen LogP contribution in [0.15, 0.2) is 43.1 Å². The number of allylic oxidation sites excluding steroid dienone is 1. The molecule has 0 aliphatic carbocycles. The zero-order valence-electron chi connectivity index (χ0n) is 13.1. The van der Waals surface area contributed by atoms with Gasteiger partial charge in [0.25, 0.3) is 0 Å². The highest BCUT2D eigenvalue weighted by atomic mass is 19.1. The van der Waals surface area contributed by atoms with Crippen LogP contribution in [0.3, 0.4) is 0 Å². The quantitative estimate of drug-likeness (QED) is 0.769. The van der Waals surface area contributed by atoms with E-state index in [0.717, 1.165) is 33.4 Å². The number of pyridine rings is 1. The van der Waals surface area contributed by atoms with Crippen LogP contribution in [0.2, 0.25) is 0 Å². The van der Waals surface area contributed by atoms with Crippen LogP contribution >= 0.6 is 0 Å². The average molecular weight is 308 g/mol. The fourth-order valence-electron chi connectivity index (χ4n) is 2.54. The number of hydrogen-bond donors (Lipinski definition) is 1. The Kier molecular flexibility index (Phi) is 3.82. The third-order valence-electron chi connectivity index (χ3n) is 3.76. The van der Waals surface area contributed by atoms with Crippen molar-refractivity contribution in [3.8, 4) is 11.1 Å². The van der Waals surface area contributed by atoms with Crippen LogP contribution < -0.4 is 0 Å². The highest BCUT2D eigenvalue weighted by Gasteiger charge is 2.09. The third-order valence-corrected chi connectivity index (χ3v) is 3.76. The minimum absolute atomic E-state index is 0.0561. The fraction of sp³-hybridized carbons (Fsp3) is 0.158. The van der Waals surface area contributed by atoms with Crippen LogP contribution in [0.4, 0.5) is 4.39 Å². The molecule has 116 valence electrons. The molecule has 0 radical (unpaired) electrons. The first-order valence-corrected chi connectivity index (χ1v) is 7.37. The summed E-state index contributed by atoms with van der Waals surface area (Å²) in [6.07, 6.45) is 1.82. The number of rotatable bonds is 4. The lowest BCUT2D eigenvalue weighted by Crippen LogP contribution is -1.99. The van der Waals surface area contributed by atoms with Crippen molar-refractivity contribution < 1.29 is 9.18 Å². The maximum atomic E-state index is 14.1. The molecule has 0 amide bonds. The first kappa shape index (κ1) is 15.2. The van der Waals surface area contributed by atoms with Gasteiger partial charge in [0.2, 0.25) is 0 Å². The van der Waals surface area contributed by atoms with Gasteiger partial charge in [-0.25, -0.2) is 9.37 Å². The van der Waals surface area contributed by atoms with Gasteiger partial charge >= 0.3 is 0 Å². The molecule has 3 nitrogen and oxygen atoms in total. The summed E-state index contributed by atoms with van der Waals surface area (Å²) in [6, 6.07) is 8.87.